The minimum atomic E-state index is 0.0940. The van der Waals surface area contributed by atoms with E-state index in [9.17, 15) is 0 Å². The van der Waals surface area contributed by atoms with E-state index < -0.39 is 0 Å². The Labute approximate surface area is 68.9 Å². The maximum Gasteiger partial charge on any atom is 0.158 e. The fraction of sp³-hybridized carbons (Fsp3) is 1.00. The highest BCUT2D eigenvalue weighted by Gasteiger charge is 2.24. The van der Waals surface area contributed by atoms with Crippen LogP contribution in [0, 0.1) is 0 Å². The third-order valence-corrected chi connectivity index (χ3v) is 2.03. The maximum absolute atomic E-state index is 5.62. The Morgan fingerprint density at radius 3 is 2.82 bits per heavy atom. The molecule has 0 amide bonds. The van der Waals surface area contributed by atoms with Gasteiger partial charge in [-0.05, 0) is 19.8 Å². The Hall–Kier alpha value is -0.0800. The summed E-state index contributed by atoms with van der Waals surface area (Å²) >= 11 is 0. The molecule has 1 heterocycles. The molecule has 1 aliphatic rings. The average Bonchev–Trinajstić information content (AvgIpc) is 2.38. The van der Waals surface area contributed by atoms with Crippen molar-refractivity contribution in [2.45, 2.75) is 51.9 Å². The molecule has 1 aliphatic heterocycles. The molecule has 0 aromatic heterocycles. The molecule has 0 bridgehead atoms. The quantitative estimate of drug-likeness (QED) is 0.625. The van der Waals surface area contributed by atoms with Crippen molar-refractivity contribution in [3.05, 3.63) is 0 Å². The standard InChI is InChI=1S/C9H18O2/c1-3-5-8-6-7-9(11-8)10-4-2/h8-9H,3-7H2,1-2H3. The first kappa shape index (κ1) is 9.01. The predicted octanol–water partition coefficient (Wildman–Crippen LogP) is 2.33. The largest absolute Gasteiger partial charge is 0.353 e. The van der Waals surface area contributed by atoms with E-state index in [1.807, 2.05) is 6.92 Å². The zero-order chi connectivity index (χ0) is 8.10. The highest BCUT2D eigenvalue weighted by molar-refractivity contribution is 4.67. The number of rotatable bonds is 4. The van der Waals surface area contributed by atoms with Crippen molar-refractivity contribution in [3.8, 4) is 0 Å². The number of hydrogen-bond acceptors (Lipinski definition) is 2. The Morgan fingerprint density at radius 1 is 1.36 bits per heavy atom. The van der Waals surface area contributed by atoms with E-state index in [1.54, 1.807) is 0 Å². The van der Waals surface area contributed by atoms with Gasteiger partial charge in [0, 0.05) is 13.0 Å². The lowest BCUT2D eigenvalue weighted by Crippen LogP contribution is -2.13. The van der Waals surface area contributed by atoms with Crippen molar-refractivity contribution >= 4 is 0 Å². The SMILES string of the molecule is CCCC1CCC(OCC)O1. The molecule has 66 valence electrons. The van der Waals surface area contributed by atoms with Crippen molar-refractivity contribution in [2.75, 3.05) is 6.61 Å². The van der Waals surface area contributed by atoms with E-state index in [2.05, 4.69) is 6.92 Å². The van der Waals surface area contributed by atoms with E-state index in [0.29, 0.717) is 6.10 Å². The Bertz CT molecular complexity index is 91.7. The van der Waals surface area contributed by atoms with E-state index in [4.69, 9.17) is 9.47 Å². The second-order valence-electron chi connectivity index (χ2n) is 3.01. The van der Waals surface area contributed by atoms with Gasteiger partial charge in [0.2, 0.25) is 0 Å². The van der Waals surface area contributed by atoms with Gasteiger partial charge in [-0.2, -0.15) is 0 Å². The van der Waals surface area contributed by atoms with E-state index in [1.165, 1.54) is 19.3 Å². The van der Waals surface area contributed by atoms with Gasteiger partial charge in [-0.15, -0.1) is 0 Å². The van der Waals surface area contributed by atoms with Gasteiger partial charge >= 0.3 is 0 Å². The van der Waals surface area contributed by atoms with Crippen LogP contribution in [0.4, 0.5) is 0 Å². The highest BCUT2D eigenvalue weighted by Crippen LogP contribution is 2.23. The maximum atomic E-state index is 5.62. The topological polar surface area (TPSA) is 18.5 Å². The molecule has 1 fully saturated rings. The third kappa shape index (κ3) is 2.80. The zero-order valence-corrected chi connectivity index (χ0v) is 7.51. The molecule has 0 spiro atoms. The van der Waals surface area contributed by atoms with Crippen LogP contribution in [0.1, 0.15) is 39.5 Å². The van der Waals surface area contributed by atoms with Crippen LogP contribution in [-0.2, 0) is 9.47 Å². The summed E-state index contributed by atoms with van der Waals surface area (Å²) in [4.78, 5) is 0. The molecular weight excluding hydrogens is 140 g/mol. The van der Waals surface area contributed by atoms with Gasteiger partial charge in [-0.1, -0.05) is 13.3 Å². The first-order chi connectivity index (χ1) is 5.36. The first-order valence-corrected chi connectivity index (χ1v) is 4.63. The van der Waals surface area contributed by atoms with E-state index in [-0.39, 0.29) is 6.29 Å². The van der Waals surface area contributed by atoms with Crippen molar-refractivity contribution in [1.29, 1.82) is 0 Å². The lowest BCUT2D eigenvalue weighted by atomic mass is 10.1. The molecule has 0 N–H and O–H groups in total. The first-order valence-electron chi connectivity index (χ1n) is 4.63. The zero-order valence-electron chi connectivity index (χ0n) is 7.51. The van der Waals surface area contributed by atoms with Crippen LogP contribution in [0.3, 0.4) is 0 Å². The van der Waals surface area contributed by atoms with Crippen LogP contribution in [0.2, 0.25) is 0 Å². The molecule has 1 saturated heterocycles. The van der Waals surface area contributed by atoms with Gasteiger partial charge < -0.3 is 9.47 Å². The second kappa shape index (κ2) is 4.73. The third-order valence-electron chi connectivity index (χ3n) is 2.03. The van der Waals surface area contributed by atoms with Crippen molar-refractivity contribution in [2.24, 2.45) is 0 Å². The normalized spacial score (nSPS) is 31.1. The molecule has 0 radical (unpaired) electrons. The number of hydrogen-bond donors (Lipinski definition) is 0. The fourth-order valence-corrected chi connectivity index (χ4v) is 1.52. The molecule has 0 aromatic rings. The van der Waals surface area contributed by atoms with E-state index >= 15 is 0 Å². The Balaban J connectivity index is 2.12. The molecule has 11 heavy (non-hydrogen) atoms. The molecule has 0 saturated carbocycles. The van der Waals surface area contributed by atoms with Crippen LogP contribution in [0.5, 0.6) is 0 Å². The average molecular weight is 158 g/mol. The van der Waals surface area contributed by atoms with Gasteiger partial charge in [0.05, 0.1) is 6.10 Å². The highest BCUT2D eigenvalue weighted by atomic mass is 16.7. The van der Waals surface area contributed by atoms with Gasteiger partial charge in [0.15, 0.2) is 6.29 Å². The molecule has 0 aliphatic carbocycles. The van der Waals surface area contributed by atoms with E-state index in [0.717, 1.165) is 13.0 Å². The van der Waals surface area contributed by atoms with Gasteiger partial charge in [-0.25, -0.2) is 0 Å². The van der Waals surface area contributed by atoms with Gasteiger partial charge in [-0.3, -0.25) is 0 Å². The van der Waals surface area contributed by atoms with Crippen molar-refractivity contribution < 1.29 is 9.47 Å². The summed E-state index contributed by atoms with van der Waals surface area (Å²) in [6.07, 6.45) is 5.22. The summed E-state index contributed by atoms with van der Waals surface area (Å²) in [5.74, 6) is 0. The van der Waals surface area contributed by atoms with Crippen LogP contribution in [0.15, 0.2) is 0 Å². The van der Waals surface area contributed by atoms with Gasteiger partial charge in [0.1, 0.15) is 0 Å². The molecule has 1 rings (SSSR count). The molecule has 2 unspecified atom stereocenters. The van der Waals surface area contributed by atoms with Crippen LogP contribution in [-0.4, -0.2) is 19.0 Å². The molecule has 0 aromatic carbocycles. The molecule has 2 atom stereocenters. The Morgan fingerprint density at radius 2 is 2.18 bits per heavy atom. The second-order valence-corrected chi connectivity index (χ2v) is 3.01. The van der Waals surface area contributed by atoms with Crippen LogP contribution in [0.25, 0.3) is 0 Å². The molecule has 2 nitrogen and oxygen atoms in total. The Kier molecular flexibility index (Phi) is 3.87. The predicted molar refractivity (Wildman–Crippen MR) is 44.4 cm³/mol. The molecular formula is C9H18O2. The summed E-state index contributed by atoms with van der Waals surface area (Å²) < 4.78 is 11.0. The summed E-state index contributed by atoms with van der Waals surface area (Å²) in [6.45, 7) is 4.97. The van der Waals surface area contributed by atoms with Crippen molar-refractivity contribution in [3.63, 3.8) is 0 Å². The summed E-state index contributed by atoms with van der Waals surface area (Å²) in [5, 5.41) is 0. The van der Waals surface area contributed by atoms with Gasteiger partial charge in [0.25, 0.3) is 0 Å². The number of ether oxygens (including phenoxy) is 2. The smallest absolute Gasteiger partial charge is 0.158 e. The fourth-order valence-electron chi connectivity index (χ4n) is 1.52. The summed E-state index contributed by atoms with van der Waals surface area (Å²) in [7, 11) is 0. The molecule has 2 heteroatoms. The minimum Gasteiger partial charge on any atom is -0.353 e. The lowest BCUT2D eigenvalue weighted by Gasteiger charge is -2.12. The monoisotopic (exact) mass is 158 g/mol. The lowest BCUT2D eigenvalue weighted by molar-refractivity contribution is -0.131. The van der Waals surface area contributed by atoms with Crippen LogP contribution >= 0.6 is 0 Å². The summed E-state index contributed by atoms with van der Waals surface area (Å²) in [5.41, 5.74) is 0. The minimum absolute atomic E-state index is 0.0940. The van der Waals surface area contributed by atoms with Crippen LogP contribution < -0.4 is 0 Å². The summed E-state index contributed by atoms with van der Waals surface area (Å²) in [6, 6.07) is 0. The van der Waals surface area contributed by atoms with Crippen molar-refractivity contribution in [1.82, 2.24) is 0 Å².